The largest absolute Gasteiger partial charge is 0.490 e. The molecule has 0 saturated carbocycles. The number of hydrogen-bond acceptors (Lipinski definition) is 5. The minimum absolute atomic E-state index is 0.0114. The minimum Gasteiger partial charge on any atom is -0.490 e. The molecule has 0 aromatic heterocycles. The van der Waals surface area contributed by atoms with Crippen LogP contribution in [0, 0.1) is 10.1 Å². The van der Waals surface area contributed by atoms with Crippen molar-refractivity contribution in [1.29, 1.82) is 0 Å². The lowest BCUT2D eigenvalue weighted by Gasteiger charge is -2.03. The molecule has 0 aliphatic heterocycles. The third-order valence-electron chi connectivity index (χ3n) is 3.16. The molecule has 0 radical (unpaired) electrons. The van der Waals surface area contributed by atoms with Crippen LogP contribution in [0.4, 0.5) is 5.69 Å². The number of nitrogens with one attached hydrogen (secondary N) is 1. The average Bonchev–Trinajstić information content (AvgIpc) is 2.61. The summed E-state index contributed by atoms with van der Waals surface area (Å²) < 4.78 is 5.37. The van der Waals surface area contributed by atoms with Crippen LogP contribution in [-0.4, -0.2) is 23.7 Å². The third kappa shape index (κ3) is 5.91. The molecule has 0 aliphatic carbocycles. The maximum Gasteiger partial charge on any atom is 0.269 e. The van der Waals surface area contributed by atoms with Gasteiger partial charge in [-0.3, -0.25) is 14.9 Å². The Morgan fingerprint density at radius 2 is 1.88 bits per heavy atom. The van der Waals surface area contributed by atoms with Crippen LogP contribution in [0.15, 0.2) is 66.3 Å². The highest BCUT2D eigenvalue weighted by Crippen LogP contribution is 2.12. The normalized spacial score (nSPS) is 10.4. The van der Waals surface area contributed by atoms with Crippen LogP contribution in [-0.2, 0) is 11.2 Å². The van der Waals surface area contributed by atoms with Gasteiger partial charge in [-0.1, -0.05) is 24.8 Å². The Bertz CT molecular complexity index is 768. The van der Waals surface area contributed by atoms with Crippen LogP contribution >= 0.6 is 0 Å². The second-order valence-corrected chi connectivity index (χ2v) is 5.06. The van der Waals surface area contributed by atoms with E-state index in [2.05, 4.69) is 17.1 Å². The molecule has 1 N–H and O–H groups in total. The fourth-order valence-electron chi connectivity index (χ4n) is 1.94. The van der Waals surface area contributed by atoms with E-state index in [0.29, 0.717) is 12.2 Å². The summed E-state index contributed by atoms with van der Waals surface area (Å²) in [5.74, 6) is 0.412. The first-order valence-corrected chi connectivity index (χ1v) is 7.47. The van der Waals surface area contributed by atoms with Gasteiger partial charge in [-0.05, 0) is 35.4 Å². The number of hydrazone groups is 1. The summed E-state index contributed by atoms with van der Waals surface area (Å²) in [4.78, 5) is 21.9. The van der Waals surface area contributed by atoms with E-state index in [9.17, 15) is 14.9 Å². The molecule has 0 spiro atoms. The molecule has 0 bridgehead atoms. The molecule has 0 unspecified atom stereocenters. The van der Waals surface area contributed by atoms with Crippen molar-refractivity contribution in [3.8, 4) is 5.75 Å². The number of nitro groups is 1. The molecule has 0 heterocycles. The lowest BCUT2D eigenvalue weighted by atomic mass is 10.1. The van der Waals surface area contributed by atoms with Crippen molar-refractivity contribution in [3.05, 3.63) is 82.4 Å². The lowest BCUT2D eigenvalue weighted by Crippen LogP contribution is -2.19. The quantitative estimate of drug-likeness (QED) is 0.346. The third-order valence-corrected chi connectivity index (χ3v) is 3.16. The highest BCUT2D eigenvalue weighted by Gasteiger charge is 2.06. The monoisotopic (exact) mass is 339 g/mol. The number of nitrogens with zero attached hydrogens (tertiary/aromatic N) is 2. The highest BCUT2D eigenvalue weighted by molar-refractivity contribution is 5.83. The SMILES string of the molecule is C=CCOc1ccc(/C=N\NC(=O)Cc2ccc([N+](=O)[O-])cc2)cc1. The molecule has 1 amide bonds. The van der Waals surface area contributed by atoms with E-state index < -0.39 is 4.92 Å². The van der Waals surface area contributed by atoms with Crippen molar-refractivity contribution >= 4 is 17.8 Å². The van der Waals surface area contributed by atoms with Crippen molar-refractivity contribution in [2.75, 3.05) is 6.61 Å². The van der Waals surface area contributed by atoms with Gasteiger partial charge in [0.05, 0.1) is 17.6 Å². The Labute approximate surface area is 144 Å². The molecule has 0 saturated heterocycles. The van der Waals surface area contributed by atoms with Crippen molar-refractivity contribution in [3.63, 3.8) is 0 Å². The van der Waals surface area contributed by atoms with Crippen LogP contribution in [0.5, 0.6) is 5.75 Å². The van der Waals surface area contributed by atoms with E-state index in [1.54, 1.807) is 30.3 Å². The predicted molar refractivity (Wildman–Crippen MR) is 94.7 cm³/mol. The summed E-state index contributed by atoms with van der Waals surface area (Å²) in [7, 11) is 0. The smallest absolute Gasteiger partial charge is 0.269 e. The first kappa shape index (κ1) is 17.9. The van der Waals surface area contributed by atoms with Gasteiger partial charge in [-0.25, -0.2) is 5.43 Å². The van der Waals surface area contributed by atoms with Gasteiger partial charge in [-0.15, -0.1) is 0 Å². The van der Waals surface area contributed by atoms with Crippen LogP contribution in [0.2, 0.25) is 0 Å². The van der Waals surface area contributed by atoms with Gasteiger partial charge < -0.3 is 4.74 Å². The maximum atomic E-state index is 11.8. The first-order chi connectivity index (χ1) is 12.1. The van der Waals surface area contributed by atoms with E-state index in [4.69, 9.17) is 4.74 Å². The second kappa shape index (κ2) is 8.97. The zero-order valence-electron chi connectivity index (χ0n) is 13.4. The fourth-order valence-corrected chi connectivity index (χ4v) is 1.94. The molecule has 128 valence electrons. The van der Waals surface area contributed by atoms with Gasteiger partial charge in [-0.2, -0.15) is 5.10 Å². The van der Waals surface area contributed by atoms with Crippen LogP contribution < -0.4 is 10.2 Å². The summed E-state index contributed by atoms with van der Waals surface area (Å²) in [6.45, 7) is 4.01. The molecular formula is C18H17N3O4. The van der Waals surface area contributed by atoms with E-state index >= 15 is 0 Å². The van der Waals surface area contributed by atoms with E-state index in [-0.39, 0.29) is 18.0 Å². The Morgan fingerprint density at radius 1 is 1.20 bits per heavy atom. The van der Waals surface area contributed by atoms with E-state index in [1.807, 2.05) is 12.1 Å². The van der Waals surface area contributed by atoms with Gasteiger partial charge >= 0.3 is 0 Å². The van der Waals surface area contributed by atoms with E-state index in [0.717, 1.165) is 11.3 Å². The summed E-state index contributed by atoms with van der Waals surface area (Å²) in [5, 5.41) is 14.5. The van der Waals surface area contributed by atoms with Crippen molar-refractivity contribution in [1.82, 2.24) is 5.43 Å². The summed E-state index contributed by atoms with van der Waals surface area (Å²) >= 11 is 0. The number of nitro benzene ring substituents is 1. The number of benzene rings is 2. The van der Waals surface area contributed by atoms with Crippen molar-refractivity contribution < 1.29 is 14.5 Å². The Morgan fingerprint density at radius 3 is 2.48 bits per heavy atom. The number of amides is 1. The lowest BCUT2D eigenvalue weighted by molar-refractivity contribution is -0.384. The zero-order chi connectivity index (χ0) is 18.1. The Balaban J connectivity index is 1.83. The molecule has 2 aromatic rings. The van der Waals surface area contributed by atoms with Crippen LogP contribution in [0.3, 0.4) is 0 Å². The molecule has 0 aliphatic rings. The standard InChI is InChI=1S/C18H17N3O4/c1-2-11-25-17-9-5-15(6-10-17)13-19-20-18(22)12-14-3-7-16(8-4-14)21(23)24/h2-10,13H,1,11-12H2,(H,20,22)/b19-13-. The van der Waals surface area contributed by atoms with Gasteiger partial charge in [0.2, 0.25) is 5.91 Å². The van der Waals surface area contributed by atoms with Gasteiger partial charge in [0.15, 0.2) is 0 Å². The topological polar surface area (TPSA) is 93.8 Å². The van der Waals surface area contributed by atoms with Gasteiger partial charge in [0.1, 0.15) is 12.4 Å². The van der Waals surface area contributed by atoms with Gasteiger partial charge in [0, 0.05) is 12.1 Å². The molecule has 7 nitrogen and oxygen atoms in total. The number of carbonyl (C=O) groups excluding carboxylic acids is 1. The first-order valence-electron chi connectivity index (χ1n) is 7.47. The summed E-state index contributed by atoms with van der Waals surface area (Å²) in [5.41, 5.74) is 3.88. The summed E-state index contributed by atoms with van der Waals surface area (Å²) in [6.07, 6.45) is 3.27. The second-order valence-electron chi connectivity index (χ2n) is 5.06. The zero-order valence-corrected chi connectivity index (χ0v) is 13.4. The van der Waals surface area contributed by atoms with Gasteiger partial charge in [0.25, 0.3) is 5.69 Å². The number of hydrogen-bond donors (Lipinski definition) is 1. The van der Waals surface area contributed by atoms with Crippen LogP contribution in [0.1, 0.15) is 11.1 Å². The molecule has 2 rings (SSSR count). The van der Waals surface area contributed by atoms with Crippen molar-refractivity contribution in [2.24, 2.45) is 5.10 Å². The molecule has 25 heavy (non-hydrogen) atoms. The summed E-state index contributed by atoms with van der Waals surface area (Å²) in [6, 6.07) is 13.0. The molecule has 7 heteroatoms. The number of rotatable bonds is 8. The molecule has 0 atom stereocenters. The average molecular weight is 339 g/mol. The fraction of sp³-hybridized carbons (Fsp3) is 0.111. The Hall–Kier alpha value is -3.48. The molecular weight excluding hydrogens is 322 g/mol. The Kier molecular flexibility index (Phi) is 6.41. The van der Waals surface area contributed by atoms with E-state index in [1.165, 1.54) is 18.3 Å². The minimum atomic E-state index is -0.484. The van der Waals surface area contributed by atoms with Crippen molar-refractivity contribution in [2.45, 2.75) is 6.42 Å². The maximum absolute atomic E-state index is 11.8. The predicted octanol–water partition coefficient (Wildman–Crippen LogP) is 2.85. The molecule has 2 aromatic carbocycles. The highest BCUT2D eigenvalue weighted by atomic mass is 16.6. The number of ether oxygens (including phenoxy) is 1. The number of non-ortho nitro benzene ring substituents is 1. The molecule has 0 fully saturated rings. The number of carbonyl (C=O) groups is 1. The van der Waals surface area contributed by atoms with Crippen LogP contribution in [0.25, 0.3) is 0 Å².